The smallest absolute Gasteiger partial charge is 0.275 e. The Balaban J connectivity index is 2.47. The lowest BCUT2D eigenvalue weighted by molar-refractivity contribution is -0.385. The first-order chi connectivity index (χ1) is 6.18. The van der Waals surface area contributed by atoms with Crippen LogP contribution < -0.4 is 0 Å². The van der Waals surface area contributed by atoms with Gasteiger partial charge in [0.25, 0.3) is 5.69 Å². The van der Waals surface area contributed by atoms with Gasteiger partial charge in [0, 0.05) is 6.07 Å². The molecule has 0 radical (unpaired) electrons. The highest BCUT2D eigenvalue weighted by atomic mass is 19.1. The van der Waals surface area contributed by atoms with E-state index >= 15 is 0 Å². The SMILES string of the molecule is O=[N+]([O-])c1ccc(F)cc1[C@H]1CO1. The maximum Gasteiger partial charge on any atom is 0.275 e. The van der Waals surface area contributed by atoms with Crippen molar-refractivity contribution in [3.8, 4) is 0 Å². The Labute approximate surface area is 73.1 Å². The summed E-state index contributed by atoms with van der Waals surface area (Å²) in [5.41, 5.74) is 0.244. The van der Waals surface area contributed by atoms with Crippen LogP contribution in [0.3, 0.4) is 0 Å². The second-order valence-corrected chi connectivity index (χ2v) is 2.78. The number of benzene rings is 1. The lowest BCUT2D eigenvalue weighted by Gasteiger charge is -1.98. The van der Waals surface area contributed by atoms with Gasteiger partial charge in [0.05, 0.1) is 17.1 Å². The zero-order valence-electron chi connectivity index (χ0n) is 6.57. The third kappa shape index (κ3) is 1.50. The number of epoxide rings is 1. The van der Waals surface area contributed by atoms with Crippen molar-refractivity contribution in [3.63, 3.8) is 0 Å². The highest BCUT2D eigenvalue weighted by molar-refractivity contribution is 5.43. The van der Waals surface area contributed by atoms with E-state index in [0.717, 1.165) is 18.2 Å². The quantitative estimate of drug-likeness (QED) is 0.399. The summed E-state index contributed by atoms with van der Waals surface area (Å²) in [6.07, 6.45) is -0.295. The van der Waals surface area contributed by atoms with E-state index < -0.39 is 10.7 Å². The van der Waals surface area contributed by atoms with E-state index in [-0.39, 0.29) is 11.8 Å². The minimum atomic E-state index is -0.531. The topological polar surface area (TPSA) is 55.7 Å². The molecule has 1 aromatic carbocycles. The van der Waals surface area contributed by atoms with E-state index in [1.807, 2.05) is 0 Å². The maximum atomic E-state index is 12.7. The van der Waals surface area contributed by atoms with Crippen molar-refractivity contribution < 1.29 is 14.1 Å². The third-order valence-electron chi connectivity index (χ3n) is 1.87. The third-order valence-corrected chi connectivity index (χ3v) is 1.87. The Morgan fingerprint density at radius 2 is 2.31 bits per heavy atom. The molecule has 1 fully saturated rings. The number of hydrogen-bond acceptors (Lipinski definition) is 3. The first kappa shape index (κ1) is 8.12. The molecule has 2 rings (SSSR count). The molecule has 0 spiro atoms. The standard InChI is InChI=1S/C8H6FNO3/c9-5-1-2-7(10(11)12)6(3-5)8-4-13-8/h1-3,8H,4H2/t8-/m1/s1. The fraction of sp³-hybridized carbons (Fsp3) is 0.250. The van der Waals surface area contributed by atoms with Crippen molar-refractivity contribution in [2.75, 3.05) is 6.61 Å². The lowest BCUT2D eigenvalue weighted by atomic mass is 10.1. The Kier molecular flexibility index (Phi) is 1.73. The van der Waals surface area contributed by atoms with E-state index in [4.69, 9.17) is 4.74 Å². The minimum Gasteiger partial charge on any atom is -0.368 e. The van der Waals surface area contributed by atoms with Crippen molar-refractivity contribution in [1.29, 1.82) is 0 Å². The summed E-state index contributed by atoms with van der Waals surface area (Å²) in [7, 11) is 0. The Hall–Kier alpha value is -1.49. The molecule has 0 amide bonds. The van der Waals surface area contributed by atoms with Gasteiger partial charge in [0.15, 0.2) is 0 Å². The first-order valence-corrected chi connectivity index (χ1v) is 3.74. The second-order valence-electron chi connectivity index (χ2n) is 2.78. The van der Waals surface area contributed by atoms with Crippen LogP contribution in [0.5, 0.6) is 0 Å². The molecule has 68 valence electrons. The molecule has 5 heteroatoms. The minimum absolute atomic E-state index is 0.0797. The van der Waals surface area contributed by atoms with E-state index in [2.05, 4.69) is 0 Å². The van der Waals surface area contributed by atoms with Crippen molar-refractivity contribution in [2.24, 2.45) is 0 Å². The average molecular weight is 183 g/mol. The maximum absolute atomic E-state index is 12.7. The predicted octanol–water partition coefficient (Wildman–Crippen LogP) is 1.81. The summed E-state index contributed by atoms with van der Waals surface area (Å²) in [5.74, 6) is -0.476. The fourth-order valence-corrected chi connectivity index (χ4v) is 1.18. The van der Waals surface area contributed by atoms with Crippen LogP contribution in [0.25, 0.3) is 0 Å². The largest absolute Gasteiger partial charge is 0.368 e. The molecule has 1 aliphatic rings. The molecule has 0 saturated carbocycles. The number of hydrogen-bond donors (Lipinski definition) is 0. The zero-order valence-corrected chi connectivity index (χ0v) is 6.57. The van der Waals surface area contributed by atoms with Gasteiger partial charge in [0.1, 0.15) is 11.9 Å². The van der Waals surface area contributed by atoms with E-state index in [9.17, 15) is 14.5 Å². The summed E-state index contributed by atoms with van der Waals surface area (Å²) in [5, 5.41) is 10.5. The number of nitrogens with zero attached hydrogens (tertiary/aromatic N) is 1. The van der Waals surface area contributed by atoms with Crippen molar-refractivity contribution in [3.05, 3.63) is 39.7 Å². The van der Waals surface area contributed by atoms with Crippen molar-refractivity contribution in [1.82, 2.24) is 0 Å². The zero-order chi connectivity index (χ0) is 9.42. The van der Waals surface area contributed by atoms with Crippen LogP contribution in [-0.4, -0.2) is 11.5 Å². The molecule has 0 aliphatic carbocycles. The summed E-state index contributed by atoms with van der Waals surface area (Å²) in [6, 6.07) is 3.38. The molecular weight excluding hydrogens is 177 g/mol. The molecule has 13 heavy (non-hydrogen) atoms. The molecule has 4 nitrogen and oxygen atoms in total. The van der Waals surface area contributed by atoms with E-state index in [1.54, 1.807) is 0 Å². The molecule has 0 aromatic heterocycles. The van der Waals surface area contributed by atoms with Crippen LogP contribution in [0.15, 0.2) is 18.2 Å². The normalized spacial score (nSPS) is 19.9. The fourth-order valence-electron chi connectivity index (χ4n) is 1.18. The first-order valence-electron chi connectivity index (χ1n) is 3.74. The Morgan fingerprint density at radius 1 is 1.62 bits per heavy atom. The van der Waals surface area contributed by atoms with Crippen LogP contribution in [-0.2, 0) is 4.74 Å². The summed E-state index contributed by atoms with van der Waals surface area (Å²) < 4.78 is 17.6. The van der Waals surface area contributed by atoms with Crippen LogP contribution in [0, 0.1) is 15.9 Å². The summed E-state index contributed by atoms with van der Waals surface area (Å²) in [4.78, 5) is 9.96. The number of halogens is 1. The molecule has 1 saturated heterocycles. The van der Waals surface area contributed by atoms with Crippen LogP contribution >= 0.6 is 0 Å². The predicted molar refractivity (Wildman–Crippen MR) is 41.7 cm³/mol. The van der Waals surface area contributed by atoms with E-state index in [1.165, 1.54) is 0 Å². The van der Waals surface area contributed by atoms with Gasteiger partial charge in [-0.25, -0.2) is 4.39 Å². The van der Waals surface area contributed by atoms with Gasteiger partial charge in [0.2, 0.25) is 0 Å². The number of ether oxygens (including phenoxy) is 1. The van der Waals surface area contributed by atoms with Crippen LogP contribution in [0.4, 0.5) is 10.1 Å². The monoisotopic (exact) mass is 183 g/mol. The Morgan fingerprint density at radius 3 is 2.85 bits per heavy atom. The lowest BCUT2D eigenvalue weighted by Crippen LogP contribution is -1.95. The molecule has 1 aromatic rings. The molecular formula is C8H6FNO3. The number of nitro groups is 1. The van der Waals surface area contributed by atoms with Gasteiger partial charge in [-0.1, -0.05) is 0 Å². The van der Waals surface area contributed by atoms with Gasteiger partial charge in [-0.15, -0.1) is 0 Å². The van der Waals surface area contributed by atoms with E-state index in [0.29, 0.717) is 12.2 Å². The van der Waals surface area contributed by atoms with Crippen LogP contribution in [0.1, 0.15) is 11.7 Å². The van der Waals surface area contributed by atoms with Gasteiger partial charge in [-0.05, 0) is 12.1 Å². The van der Waals surface area contributed by atoms with Gasteiger partial charge < -0.3 is 4.74 Å². The molecule has 0 bridgehead atoms. The second kappa shape index (κ2) is 2.77. The van der Waals surface area contributed by atoms with Gasteiger partial charge >= 0.3 is 0 Å². The number of nitro benzene ring substituents is 1. The summed E-state index contributed by atoms with van der Waals surface area (Å²) >= 11 is 0. The Bertz CT molecular complexity index is 362. The molecule has 1 aliphatic heterocycles. The molecule has 0 N–H and O–H groups in total. The average Bonchev–Trinajstić information content (AvgIpc) is 2.85. The number of rotatable bonds is 2. The molecule has 1 heterocycles. The van der Waals surface area contributed by atoms with Gasteiger partial charge in [-0.3, -0.25) is 10.1 Å². The molecule has 0 unspecified atom stereocenters. The summed E-state index contributed by atoms with van der Waals surface area (Å²) in [6.45, 7) is 0.435. The van der Waals surface area contributed by atoms with Crippen molar-refractivity contribution in [2.45, 2.75) is 6.10 Å². The van der Waals surface area contributed by atoms with Crippen LogP contribution in [0.2, 0.25) is 0 Å². The molecule has 1 atom stereocenters. The highest BCUT2D eigenvalue weighted by Gasteiger charge is 2.32. The van der Waals surface area contributed by atoms with Gasteiger partial charge in [-0.2, -0.15) is 0 Å². The highest BCUT2D eigenvalue weighted by Crippen LogP contribution is 2.36. The van der Waals surface area contributed by atoms with Crippen molar-refractivity contribution >= 4 is 5.69 Å².